The number of hydrogen-bond donors (Lipinski definition) is 2. The predicted octanol–water partition coefficient (Wildman–Crippen LogP) is 4.49. The first-order chi connectivity index (χ1) is 12.0. The minimum atomic E-state index is -0.166. The average Bonchev–Trinajstić information content (AvgIpc) is 2.59. The quantitative estimate of drug-likeness (QED) is 0.645. The Balaban J connectivity index is 1.69. The molecule has 0 saturated heterocycles. The highest BCUT2D eigenvalue weighted by Gasteiger charge is 2.10. The zero-order valence-electron chi connectivity index (χ0n) is 13.9. The van der Waals surface area contributed by atoms with Crippen molar-refractivity contribution in [2.24, 2.45) is 0 Å². The van der Waals surface area contributed by atoms with Crippen molar-refractivity contribution >= 4 is 39.3 Å². The SMILES string of the molecule is CC(NC(=O)CCCNC(=O)c1ccc(Cl)cc1)c1ccc(Br)cc1. The summed E-state index contributed by atoms with van der Waals surface area (Å²) in [7, 11) is 0. The van der Waals surface area contributed by atoms with Crippen LogP contribution in [-0.2, 0) is 4.79 Å². The molecule has 2 rings (SSSR count). The highest BCUT2D eigenvalue weighted by Crippen LogP contribution is 2.16. The lowest BCUT2D eigenvalue weighted by molar-refractivity contribution is -0.121. The van der Waals surface area contributed by atoms with Crippen LogP contribution >= 0.6 is 27.5 Å². The molecule has 0 aliphatic heterocycles. The highest BCUT2D eigenvalue weighted by atomic mass is 79.9. The highest BCUT2D eigenvalue weighted by molar-refractivity contribution is 9.10. The summed E-state index contributed by atoms with van der Waals surface area (Å²) in [5, 5.41) is 6.35. The van der Waals surface area contributed by atoms with Gasteiger partial charge in [-0.25, -0.2) is 0 Å². The van der Waals surface area contributed by atoms with Gasteiger partial charge < -0.3 is 10.6 Å². The summed E-state index contributed by atoms with van der Waals surface area (Å²) in [4.78, 5) is 23.9. The molecule has 2 aromatic carbocycles. The predicted molar refractivity (Wildman–Crippen MR) is 104 cm³/mol. The third-order valence-corrected chi connectivity index (χ3v) is 4.50. The first-order valence-corrected chi connectivity index (χ1v) is 9.21. The van der Waals surface area contributed by atoms with E-state index in [1.165, 1.54) is 0 Å². The fourth-order valence-electron chi connectivity index (χ4n) is 2.30. The second-order valence-corrected chi connectivity index (χ2v) is 7.06. The first kappa shape index (κ1) is 19.5. The third-order valence-electron chi connectivity index (χ3n) is 3.72. The number of hydrogen-bond acceptors (Lipinski definition) is 2. The maximum Gasteiger partial charge on any atom is 0.251 e. The second-order valence-electron chi connectivity index (χ2n) is 5.71. The number of halogens is 2. The molecule has 0 fully saturated rings. The molecule has 0 aromatic heterocycles. The van der Waals surface area contributed by atoms with E-state index in [-0.39, 0.29) is 17.9 Å². The van der Waals surface area contributed by atoms with E-state index in [0.29, 0.717) is 30.0 Å². The summed E-state index contributed by atoms with van der Waals surface area (Å²) in [6.07, 6.45) is 0.944. The molecule has 0 aliphatic rings. The summed E-state index contributed by atoms with van der Waals surface area (Å²) in [5.41, 5.74) is 1.60. The van der Waals surface area contributed by atoms with E-state index in [4.69, 9.17) is 11.6 Å². The largest absolute Gasteiger partial charge is 0.352 e. The van der Waals surface area contributed by atoms with Crippen molar-refractivity contribution in [3.63, 3.8) is 0 Å². The van der Waals surface area contributed by atoms with Crippen molar-refractivity contribution in [1.82, 2.24) is 10.6 Å². The maximum absolute atomic E-state index is 12.0. The summed E-state index contributed by atoms with van der Waals surface area (Å²) in [6.45, 7) is 2.39. The van der Waals surface area contributed by atoms with Crippen molar-refractivity contribution < 1.29 is 9.59 Å². The average molecular weight is 424 g/mol. The molecule has 2 N–H and O–H groups in total. The van der Waals surface area contributed by atoms with Crippen LogP contribution in [0.1, 0.15) is 41.7 Å². The lowest BCUT2D eigenvalue weighted by Crippen LogP contribution is -2.29. The molecule has 0 aliphatic carbocycles. The van der Waals surface area contributed by atoms with E-state index in [2.05, 4.69) is 26.6 Å². The van der Waals surface area contributed by atoms with Gasteiger partial charge in [-0.15, -0.1) is 0 Å². The zero-order valence-corrected chi connectivity index (χ0v) is 16.2. The fraction of sp³-hybridized carbons (Fsp3) is 0.263. The topological polar surface area (TPSA) is 58.2 Å². The number of nitrogens with one attached hydrogen (secondary N) is 2. The van der Waals surface area contributed by atoms with Crippen LogP contribution in [0.25, 0.3) is 0 Å². The number of carbonyl (C=O) groups excluding carboxylic acids is 2. The number of rotatable bonds is 7. The van der Waals surface area contributed by atoms with E-state index in [0.717, 1.165) is 10.0 Å². The second kappa shape index (κ2) is 9.59. The normalized spacial score (nSPS) is 11.6. The van der Waals surface area contributed by atoms with Gasteiger partial charge >= 0.3 is 0 Å². The van der Waals surface area contributed by atoms with Gasteiger partial charge in [-0.3, -0.25) is 9.59 Å². The molecule has 0 spiro atoms. The van der Waals surface area contributed by atoms with E-state index >= 15 is 0 Å². The van der Waals surface area contributed by atoms with Crippen LogP contribution in [0.3, 0.4) is 0 Å². The zero-order chi connectivity index (χ0) is 18.2. The number of carbonyl (C=O) groups is 2. The molecule has 1 unspecified atom stereocenters. The third kappa shape index (κ3) is 6.52. The fourth-order valence-corrected chi connectivity index (χ4v) is 2.69. The van der Waals surface area contributed by atoms with Gasteiger partial charge in [-0.05, 0) is 55.3 Å². The molecule has 0 bridgehead atoms. The smallest absolute Gasteiger partial charge is 0.251 e. The standard InChI is InChI=1S/C19H20BrClN2O2/c1-13(14-4-8-16(20)9-5-14)23-18(24)3-2-12-22-19(25)15-6-10-17(21)11-7-15/h4-11,13H,2-3,12H2,1H3,(H,22,25)(H,23,24). The van der Waals surface area contributed by atoms with E-state index in [1.807, 2.05) is 31.2 Å². The van der Waals surface area contributed by atoms with Gasteiger partial charge in [0, 0.05) is 28.0 Å². The molecule has 4 nitrogen and oxygen atoms in total. The van der Waals surface area contributed by atoms with Gasteiger partial charge in [0.05, 0.1) is 6.04 Å². The van der Waals surface area contributed by atoms with Crippen LogP contribution in [0.5, 0.6) is 0 Å². The molecule has 0 radical (unpaired) electrons. The molecule has 2 amide bonds. The molecule has 1 atom stereocenters. The lowest BCUT2D eigenvalue weighted by Gasteiger charge is -2.14. The molecule has 25 heavy (non-hydrogen) atoms. The Morgan fingerprint density at radius 1 is 1.08 bits per heavy atom. The Morgan fingerprint density at radius 3 is 2.36 bits per heavy atom. The molecule has 0 heterocycles. The van der Waals surface area contributed by atoms with Crippen LogP contribution in [0, 0.1) is 0 Å². The summed E-state index contributed by atoms with van der Waals surface area (Å²) in [5.74, 6) is -0.198. The molecular weight excluding hydrogens is 404 g/mol. The Hall–Kier alpha value is -1.85. The van der Waals surface area contributed by atoms with E-state index < -0.39 is 0 Å². The van der Waals surface area contributed by atoms with Gasteiger partial charge in [0.15, 0.2) is 0 Å². The first-order valence-electron chi connectivity index (χ1n) is 8.04. The van der Waals surface area contributed by atoms with Crippen LogP contribution in [0.2, 0.25) is 5.02 Å². The Labute approximate surface area is 161 Å². The minimum Gasteiger partial charge on any atom is -0.352 e. The Morgan fingerprint density at radius 2 is 1.72 bits per heavy atom. The molecular formula is C19H20BrClN2O2. The van der Waals surface area contributed by atoms with Crippen molar-refractivity contribution in [2.75, 3.05) is 6.54 Å². The van der Waals surface area contributed by atoms with Crippen molar-refractivity contribution in [3.05, 3.63) is 69.2 Å². The Bertz CT molecular complexity index is 717. The van der Waals surface area contributed by atoms with Crippen LogP contribution < -0.4 is 10.6 Å². The van der Waals surface area contributed by atoms with E-state index in [1.54, 1.807) is 24.3 Å². The van der Waals surface area contributed by atoms with Crippen molar-refractivity contribution in [2.45, 2.75) is 25.8 Å². The maximum atomic E-state index is 12.0. The molecule has 0 saturated carbocycles. The van der Waals surface area contributed by atoms with Crippen molar-refractivity contribution in [1.29, 1.82) is 0 Å². The van der Waals surface area contributed by atoms with E-state index in [9.17, 15) is 9.59 Å². The number of benzene rings is 2. The van der Waals surface area contributed by atoms with Gasteiger partial charge in [0.2, 0.25) is 5.91 Å². The molecule has 6 heteroatoms. The van der Waals surface area contributed by atoms with Gasteiger partial charge in [0.1, 0.15) is 0 Å². The van der Waals surface area contributed by atoms with Crippen molar-refractivity contribution in [3.8, 4) is 0 Å². The Kier molecular flexibility index (Phi) is 7.47. The minimum absolute atomic E-state index is 0.0313. The summed E-state index contributed by atoms with van der Waals surface area (Å²) < 4.78 is 1.01. The van der Waals surface area contributed by atoms with Crippen LogP contribution in [0.4, 0.5) is 0 Å². The number of amides is 2. The lowest BCUT2D eigenvalue weighted by atomic mass is 10.1. The van der Waals surface area contributed by atoms with Gasteiger partial charge in [-0.1, -0.05) is 39.7 Å². The summed E-state index contributed by atoms with van der Waals surface area (Å²) in [6, 6.07) is 14.5. The van der Waals surface area contributed by atoms with Gasteiger partial charge in [0.25, 0.3) is 5.91 Å². The monoisotopic (exact) mass is 422 g/mol. The van der Waals surface area contributed by atoms with Crippen LogP contribution in [-0.4, -0.2) is 18.4 Å². The molecule has 2 aromatic rings. The summed E-state index contributed by atoms with van der Waals surface area (Å²) >= 11 is 9.18. The molecule has 132 valence electrons. The van der Waals surface area contributed by atoms with Gasteiger partial charge in [-0.2, -0.15) is 0 Å². The van der Waals surface area contributed by atoms with Crippen LogP contribution in [0.15, 0.2) is 53.0 Å².